The number of carbonyl (C=O) groups is 2. The van der Waals surface area contributed by atoms with Gasteiger partial charge < -0.3 is 10.4 Å². The van der Waals surface area contributed by atoms with Gasteiger partial charge >= 0.3 is 5.97 Å². The first-order valence-electron chi connectivity index (χ1n) is 6.32. The van der Waals surface area contributed by atoms with E-state index < -0.39 is 11.2 Å². The molecule has 0 aliphatic carbocycles. The number of carbonyl (C=O) groups excluding carboxylic acids is 1. The van der Waals surface area contributed by atoms with Gasteiger partial charge in [0.15, 0.2) is 0 Å². The molecule has 1 rings (SSSR count). The lowest BCUT2D eigenvalue weighted by molar-refractivity contribution is -0.136. The number of thioether (sulfide) groups is 1. The first kappa shape index (κ1) is 16.3. The van der Waals surface area contributed by atoms with Crippen LogP contribution in [0, 0.1) is 0 Å². The number of carboxylic acids is 1. The summed E-state index contributed by atoms with van der Waals surface area (Å²) in [5.41, 5.74) is 1.64. The second kappa shape index (κ2) is 7.75. The number of benzene rings is 1. The molecule has 4 nitrogen and oxygen atoms in total. The fourth-order valence-electron chi connectivity index (χ4n) is 1.44. The fraction of sp³-hybridized carbons (Fsp3) is 0.333. The highest BCUT2D eigenvalue weighted by molar-refractivity contribution is 8.00. The molecule has 0 saturated heterocycles. The molecule has 1 aromatic carbocycles. The largest absolute Gasteiger partial charge is 0.480 e. The van der Waals surface area contributed by atoms with Gasteiger partial charge in [0.1, 0.15) is 5.25 Å². The summed E-state index contributed by atoms with van der Waals surface area (Å²) < 4.78 is 0. The van der Waals surface area contributed by atoms with Crippen molar-refractivity contribution >= 4 is 23.6 Å². The third-order valence-electron chi connectivity index (χ3n) is 2.56. The fourth-order valence-corrected chi connectivity index (χ4v) is 2.37. The van der Waals surface area contributed by atoms with Gasteiger partial charge in [0.25, 0.3) is 5.91 Å². The van der Waals surface area contributed by atoms with Crippen molar-refractivity contribution < 1.29 is 14.7 Å². The van der Waals surface area contributed by atoms with Gasteiger partial charge in [0.2, 0.25) is 0 Å². The SMILES string of the molecule is CC(C)=CCNC(=O)c1ccccc1SC(C)C(=O)O. The first-order valence-corrected chi connectivity index (χ1v) is 7.20. The first-order chi connectivity index (χ1) is 9.41. The lowest BCUT2D eigenvalue weighted by Gasteiger charge is -2.11. The van der Waals surface area contributed by atoms with E-state index in [1.54, 1.807) is 31.2 Å². The van der Waals surface area contributed by atoms with E-state index in [4.69, 9.17) is 5.11 Å². The lowest BCUT2D eigenvalue weighted by Crippen LogP contribution is -2.24. The summed E-state index contributed by atoms with van der Waals surface area (Å²) in [7, 11) is 0. The third kappa shape index (κ3) is 5.09. The van der Waals surface area contributed by atoms with Crippen molar-refractivity contribution in [2.24, 2.45) is 0 Å². The summed E-state index contributed by atoms with van der Waals surface area (Å²) in [4.78, 5) is 23.7. The molecule has 0 fully saturated rings. The Bertz CT molecular complexity index is 522. The molecule has 5 heteroatoms. The standard InChI is InChI=1S/C15H19NO3S/c1-10(2)8-9-16-14(17)12-6-4-5-7-13(12)20-11(3)15(18)19/h4-8,11H,9H2,1-3H3,(H,16,17)(H,18,19). The minimum Gasteiger partial charge on any atom is -0.480 e. The smallest absolute Gasteiger partial charge is 0.316 e. The van der Waals surface area contributed by atoms with Crippen LogP contribution in [-0.2, 0) is 4.79 Å². The summed E-state index contributed by atoms with van der Waals surface area (Å²) in [5, 5.41) is 11.1. The Kier molecular flexibility index (Phi) is 6.31. The van der Waals surface area contributed by atoms with Crippen LogP contribution in [0.4, 0.5) is 0 Å². The average molecular weight is 293 g/mol. The molecular weight excluding hydrogens is 274 g/mol. The molecule has 0 aromatic heterocycles. The molecule has 2 N–H and O–H groups in total. The van der Waals surface area contributed by atoms with Gasteiger partial charge in [0.05, 0.1) is 5.56 Å². The van der Waals surface area contributed by atoms with Crippen LogP contribution in [0.25, 0.3) is 0 Å². The van der Waals surface area contributed by atoms with Gasteiger partial charge in [-0.2, -0.15) is 0 Å². The summed E-state index contributed by atoms with van der Waals surface area (Å²) in [6.45, 7) is 5.99. The van der Waals surface area contributed by atoms with E-state index in [1.165, 1.54) is 11.8 Å². The van der Waals surface area contributed by atoms with Gasteiger partial charge in [-0.05, 0) is 32.9 Å². The van der Waals surface area contributed by atoms with E-state index in [-0.39, 0.29) is 5.91 Å². The monoisotopic (exact) mass is 293 g/mol. The van der Waals surface area contributed by atoms with Gasteiger partial charge in [-0.25, -0.2) is 0 Å². The maximum atomic E-state index is 12.1. The van der Waals surface area contributed by atoms with Crippen molar-refractivity contribution in [2.75, 3.05) is 6.54 Å². The minimum atomic E-state index is -0.894. The highest BCUT2D eigenvalue weighted by Crippen LogP contribution is 2.26. The molecule has 108 valence electrons. The maximum Gasteiger partial charge on any atom is 0.316 e. The Balaban J connectivity index is 2.81. The lowest BCUT2D eigenvalue weighted by atomic mass is 10.2. The highest BCUT2D eigenvalue weighted by atomic mass is 32.2. The van der Waals surface area contributed by atoms with E-state index in [2.05, 4.69) is 5.32 Å². The molecule has 0 radical (unpaired) electrons. The van der Waals surface area contributed by atoms with Crippen LogP contribution in [0.5, 0.6) is 0 Å². The van der Waals surface area contributed by atoms with E-state index in [9.17, 15) is 9.59 Å². The number of carboxylic acid groups (broad SMARTS) is 1. The summed E-state index contributed by atoms with van der Waals surface area (Å²) in [5.74, 6) is -1.09. The molecule has 0 spiro atoms. The quantitative estimate of drug-likeness (QED) is 0.625. The normalized spacial score (nSPS) is 11.6. The molecule has 0 saturated carbocycles. The third-order valence-corrected chi connectivity index (χ3v) is 3.72. The number of aliphatic carboxylic acids is 1. The molecule has 0 heterocycles. The van der Waals surface area contributed by atoms with Crippen LogP contribution in [0.2, 0.25) is 0 Å². The Labute approximate surface area is 123 Å². The van der Waals surface area contributed by atoms with Gasteiger partial charge in [-0.1, -0.05) is 23.8 Å². The van der Waals surface area contributed by atoms with Crippen molar-refractivity contribution in [2.45, 2.75) is 30.9 Å². The average Bonchev–Trinajstić information content (AvgIpc) is 2.38. The summed E-state index contributed by atoms with van der Waals surface area (Å²) in [6, 6.07) is 7.03. The Morgan fingerprint density at radius 2 is 2.00 bits per heavy atom. The number of nitrogens with one attached hydrogen (secondary N) is 1. The highest BCUT2D eigenvalue weighted by Gasteiger charge is 2.17. The number of amides is 1. The van der Waals surface area contributed by atoms with Crippen LogP contribution in [0.3, 0.4) is 0 Å². The van der Waals surface area contributed by atoms with Crippen molar-refractivity contribution in [1.29, 1.82) is 0 Å². The van der Waals surface area contributed by atoms with E-state index >= 15 is 0 Å². The molecule has 0 aliphatic heterocycles. The zero-order chi connectivity index (χ0) is 15.1. The van der Waals surface area contributed by atoms with Gasteiger partial charge in [0, 0.05) is 11.4 Å². The maximum absolute atomic E-state index is 12.1. The Hall–Kier alpha value is -1.75. The van der Waals surface area contributed by atoms with E-state index in [0.29, 0.717) is 17.0 Å². The molecule has 1 aromatic rings. The van der Waals surface area contributed by atoms with Crippen molar-refractivity contribution in [3.63, 3.8) is 0 Å². The van der Waals surface area contributed by atoms with Crippen LogP contribution in [0.15, 0.2) is 40.8 Å². The summed E-state index contributed by atoms with van der Waals surface area (Å²) in [6.07, 6.45) is 1.92. The second-order valence-corrected chi connectivity index (χ2v) is 5.97. The summed E-state index contributed by atoms with van der Waals surface area (Å²) >= 11 is 1.17. The topological polar surface area (TPSA) is 66.4 Å². The predicted octanol–water partition coefficient (Wildman–Crippen LogP) is 2.95. The molecule has 20 heavy (non-hydrogen) atoms. The van der Waals surface area contributed by atoms with E-state index in [1.807, 2.05) is 19.9 Å². The van der Waals surface area contributed by atoms with Crippen LogP contribution < -0.4 is 5.32 Å². The Morgan fingerprint density at radius 1 is 1.35 bits per heavy atom. The number of hydrogen-bond acceptors (Lipinski definition) is 3. The van der Waals surface area contributed by atoms with Crippen molar-refractivity contribution in [3.05, 3.63) is 41.5 Å². The van der Waals surface area contributed by atoms with Crippen LogP contribution in [-0.4, -0.2) is 28.8 Å². The zero-order valence-corrected chi connectivity index (χ0v) is 12.7. The van der Waals surface area contributed by atoms with Gasteiger partial charge in [-0.3, -0.25) is 9.59 Å². The zero-order valence-electron chi connectivity index (χ0n) is 11.8. The van der Waals surface area contributed by atoms with Crippen LogP contribution >= 0.6 is 11.8 Å². The number of allylic oxidation sites excluding steroid dienone is 1. The molecule has 1 atom stereocenters. The molecular formula is C15H19NO3S. The van der Waals surface area contributed by atoms with Gasteiger partial charge in [-0.15, -0.1) is 11.8 Å². The number of rotatable bonds is 6. The number of hydrogen-bond donors (Lipinski definition) is 2. The molecule has 0 aliphatic rings. The molecule has 0 bridgehead atoms. The predicted molar refractivity (Wildman–Crippen MR) is 81.2 cm³/mol. The van der Waals surface area contributed by atoms with E-state index in [0.717, 1.165) is 5.57 Å². The molecule has 1 amide bonds. The Morgan fingerprint density at radius 3 is 2.60 bits per heavy atom. The minimum absolute atomic E-state index is 0.191. The van der Waals surface area contributed by atoms with Crippen molar-refractivity contribution in [3.8, 4) is 0 Å². The van der Waals surface area contributed by atoms with Crippen molar-refractivity contribution in [1.82, 2.24) is 5.32 Å². The second-order valence-electron chi connectivity index (χ2n) is 4.59. The van der Waals surface area contributed by atoms with Crippen LogP contribution in [0.1, 0.15) is 31.1 Å². The molecule has 1 unspecified atom stereocenters.